The Hall–Kier alpha value is -1.48. The summed E-state index contributed by atoms with van der Waals surface area (Å²) in [5.74, 6) is 1.67. The number of hydrogen-bond acceptors (Lipinski definition) is 2. The molecule has 70 valence electrons. The van der Waals surface area contributed by atoms with Crippen molar-refractivity contribution < 1.29 is 4.79 Å². The smallest absolute Gasteiger partial charge is 0.237 e. The van der Waals surface area contributed by atoms with Crippen LogP contribution >= 0.6 is 0 Å². The van der Waals surface area contributed by atoms with Crippen LogP contribution in [0.4, 0.5) is 0 Å². The summed E-state index contributed by atoms with van der Waals surface area (Å²) in [6.45, 7) is 3.63. The van der Waals surface area contributed by atoms with E-state index in [1.165, 1.54) is 0 Å². The predicted octanol–water partition coefficient (Wildman–Crippen LogP) is 1.06. The van der Waals surface area contributed by atoms with Crippen LogP contribution in [0.2, 0.25) is 0 Å². The first-order valence-electron chi connectivity index (χ1n) is 4.29. The molecule has 2 atom stereocenters. The number of nitriles is 1. The van der Waals surface area contributed by atoms with E-state index in [4.69, 9.17) is 11.7 Å². The van der Waals surface area contributed by atoms with Gasteiger partial charge in [0.2, 0.25) is 5.91 Å². The minimum atomic E-state index is -0.555. The second kappa shape index (κ2) is 6.08. The molecule has 3 heteroatoms. The molecule has 0 aromatic heterocycles. The molecule has 0 fully saturated rings. The van der Waals surface area contributed by atoms with Gasteiger partial charge in [0.15, 0.2) is 0 Å². The Balaban J connectivity index is 4.01. The molecule has 0 saturated heterocycles. The van der Waals surface area contributed by atoms with E-state index in [-0.39, 0.29) is 11.9 Å². The quantitative estimate of drug-likeness (QED) is 0.654. The zero-order chi connectivity index (χ0) is 10.3. The van der Waals surface area contributed by atoms with Crippen molar-refractivity contribution in [2.75, 3.05) is 0 Å². The molecule has 0 aromatic rings. The summed E-state index contributed by atoms with van der Waals surface area (Å²) in [6, 6.07) is 1.88. The molecular formula is C10H14N2O. The van der Waals surface area contributed by atoms with Crippen molar-refractivity contribution >= 4 is 5.91 Å². The average Bonchev–Trinajstić information content (AvgIpc) is 2.06. The van der Waals surface area contributed by atoms with Crippen LogP contribution in [0.25, 0.3) is 0 Å². The van der Waals surface area contributed by atoms with Crippen molar-refractivity contribution in [2.24, 2.45) is 5.92 Å². The van der Waals surface area contributed by atoms with Crippen molar-refractivity contribution in [3.05, 3.63) is 0 Å². The lowest BCUT2D eigenvalue weighted by Crippen LogP contribution is -2.36. The van der Waals surface area contributed by atoms with Crippen molar-refractivity contribution in [3.8, 4) is 18.4 Å². The molecule has 0 rings (SSSR count). The van der Waals surface area contributed by atoms with Crippen LogP contribution in [0.15, 0.2) is 0 Å². The van der Waals surface area contributed by atoms with Gasteiger partial charge in [-0.25, -0.2) is 0 Å². The average molecular weight is 178 g/mol. The first kappa shape index (κ1) is 11.5. The van der Waals surface area contributed by atoms with Gasteiger partial charge < -0.3 is 5.32 Å². The van der Waals surface area contributed by atoms with Gasteiger partial charge in [0.1, 0.15) is 5.92 Å². The number of carbonyl (C=O) groups excluding carboxylic acids is 1. The molecule has 0 saturated carbocycles. The molecule has 0 heterocycles. The van der Waals surface area contributed by atoms with Gasteiger partial charge in [-0.15, -0.1) is 12.3 Å². The molecule has 3 nitrogen and oxygen atoms in total. The van der Waals surface area contributed by atoms with Crippen molar-refractivity contribution in [1.82, 2.24) is 5.32 Å². The summed E-state index contributed by atoms with van der Waals surface area (Å²) in [5, 5.41) is 11.3. The van der Waals surface area contributed by atoms with E-state index < -0.39 is 5.92 Å². The summed E-state index contributed by atoms with van der Waals surface area (Å²) in [5.41, 5.74) is 0. The Bertz CT molecular complexity index is 247. The molecule has 0 bridgehead atoms. The van der Waals surface area contributed by atoms with E-state index >= 15 is 0 Å². The van der Waals surface area contributed by atoms with E-state index in [0.29, 0.717) is 12.8 Å². The number of hydrogen-bond donors (Lipinski definition) is 1. The summed E-state index contributed by atoms with van der Waals surface area (Å²) >= 11 is 0. The first-order valence-corrected chi connectivity index (χ1v) is 4.29. The Labute approximate surface area is 79.1 Å². The zero-order valence-corrected chi connectivity index (χ0v) is 8.00. The SMILES string of the molecule is C#CCC(C)NC(=O)C(C#N)CC. The maximum atomic E-state index is 11.3. The van der Waals surface area contributed by atoms with Gasteiger partial charge in [0.25, 0.3) is 0 Å². The molecule has 1 N–H and O–H groups in total. The van der Waals surface area contributed by atoms with Crippen LogP contribution in [-0.4, -0.2) is 11.9 Å². The molecule has 13 heavy (non-hydrogen) atoms. The Morgan fingerprint density at radius 1 is 1.69 bits per heavy atom. The topological polar surface area (TPSA) is 52.9 Å². The van der Waals surface area contributed by atoms with Crippen LogP contribution in [0.3, 0.4) is 0 Å². The van der Waals surface area contributed by atoms with E-state index in [2.05, 4.69) is 11.2 Å². The third-order valence-corrected chi connectivity index (χ3v) is 1.69. The molecule has 0 aromatic carbocycles. The molecule has 0 aliphatic heterocycles. The fourth-order valence-corrected chi connectivity index (χ4v) is 0.907. The second-order valence-electron chi connectivity index (χ2n) is 2.91. The van der Waals surface area contributed by atoms with Gasteiger partial charge in [-0.3, -0.25) is 4.79 Å². The number of nitrogens with one attached hydrogen (secondary N) is 1. The fraction of sp³-hybridized carbons (Fsp3) is 0.600. The van der Waals surface area contributed by atoms with Crippen LogP contribution in [0.5, 0.6) is 0 Å². The van der Waals surface area contributed by atoms with Gasteiger partial charge in [-0.05, 0) is 13.3 Å². The van der Waals surface area contributed by atoms with E-state index in [1.54, 1.807) is 6.92 Å². The molecule has 0 radical (unpaired) electrons. The number of carbonyl (C=O) groups is 1. The summed E-state index contributed by atoms with van der Waals surface area (Å²) in [6.07, 6.45) is 6.11. The minimum Gasteiger partial charge on any atom is -0.352 e. The van der Waals surface area contributed by atoms with E-state index in [9.17, 15) is 4.79 Å². The third kappa shape index (κ3) is 4.18. The van der Waals surface area contributed by atoms with Crippen LogP contribution < -0.4 is 5.32 Å². The van der Waals surface area contributed by atoms with Crippen LogP contribution in [0, 0.1) is 29.6 Å². The maximum absolute atomic E-state index is 11.3. The molecule has 0 aliphatic carbocycles. The van der Waals surface area contributed by atoms with Gasteiger partial charge in [0, 0.05) is 12.5 Å². The first-order chi connectivity index (χ1) is 6.15. The monoisotopic (exact) mass is 178 g/mol. The molecule has 0 aliphatic rings. The summed E-state index contributed by atoms with van der Waals surface area (Å²) < 4.78 is 0. The minimum absolute atomic E-state index is 0.0556. The van der Waals surface area contributed by atoms with Crippen molar-refractivity contribution in [3.63, 3.8) is 0 Å². The lowest BCUT2D eigenvalue weighted by Gasteiger charge is -2.12. The largest absolute Gasteiger partial charge is 0.352 e. The Morgan fingerprint density at radius 3 is 2.69 bits per heavy atom. The highest BCUT2D eigenvalue weighted by Gasteiger charge is 2.16. The highest BCUT2D eigenvalue weighted by atomic mass is 16.1. The zero-order valence-electron chi connectivity index (χ0n) is 8.00. The lowest BCUT2D eigenvalue weighted by atomic mass is 10.1. The predicted molar refractivity (Wildman–Crippen MR) is 50.4 cm³/mol. The maximum Gasteiger partial charge on any atom is 0.237 e. The normalized spacial score (nSPS) is 13.5. The lowest BCUT2D eigenvalue weighted by molar-refractivity contribution is -0.124. The molecular weight excluding hydrogens is 164 g/mol. The summed E-state index contributed by atoms with van der Waals surface area (Å²) in [7, 11) is 0. The highest BCUT2D eigenvalue weighted by Crippen LogP contribution is 2.01. The van der Waals surface area contributed by atoms with Gasteiger partial charge in [-0.1, -0.05) is 6.92 Å². The van der Waals surface area contributed by atoms with Crippen molar-refractivity contribution in [1.29, 1.82) is 5.26 Å². The molecule has 2 unspecified atom stereocenters. The summed E-state index contributed by atoms with van der Waals surface area (Å²) in [4.78, 5) is 11.3. The number of amides is 1. The van der Waals surface area contributed by atoms with Crippen LogP contribution in [-0.2, 0) is 4.79 Å². The van der Waals surface area contributed by atoms with E-state index in [0.717, 1.165) is 0 Å². The van der Waals surface area contributed by atoms with Crippen molar-refractivity contribution in [2.45, 2.75) is 32.7 Å². The fourth-order valence-electron chi connectivity index (χ4n) is 0.907. The van der Waals surface area contributed by atoms with Crippen LogP contribution in [0.1, 0.15) is 26.7 Å². The van der Waals surface area contributed by atoms with Gasteiger partial charge in [0.05, 0.1) is 6.07 Å². The Kier molecular flexibility index (Phi) is 5.39. The standard InChI is InChI=1S/C10H14N2O/c1-4-6-8(3)12-10(13)9(5-2)7-11/h1,8-9H,5-6H2,2-3H3,(H,12,13). The Morgan fingerprint density at radius 2 is 2.31 bits per heavy atom. The molecule has 1 amide bonds. The highest BCUT2D eigenvalue weighted by molar-refractivity contribution is 5.81. The molecule has 0 spiro atoms. The second-order valence-corrected chi connectivity index (χ2v) is 2.91. The number of nitrogens with zero attached hydrogens (tertiary/aromatic N) is 1. The van der Waals surface area contributed by atoms with Gasteiger partial charge in [-0.2, -0.15) is 5.26 Å². The van der Waals surface area contributed by atoms with E-state index in [1.807, 2.05) is 13.0 Å². The van der Waals surface area contributed by atoms with Gasteiger partial charge >= 0.3 is 0 Å². The number of rotatable bonds is 4. The number of terminal acetylenes is 1. The third-order valence-electron chi connectivity index (χ3n) is 1.69.